The summed E-state index contributed by atoms with van der Waals surface area (Å²) in [5, 5.41) is 17.4. The Morgan fingerprint density at radius 3 is 2.19 bits per heavy atom. The predicted molar refractivity (Wildman–Crippen MR) is 65.5 cm³/mol. The van der Waals surface area contributed by atoms with Crippen LogP contribution in [0.15, 0.2) is 18.2 Å². The van der Waals surface area contributed by atoms with Gasteiger partial charge in [0.15, 0.2) is 0 Å². The zero-order valence-electron chi connectivity index (χ0n) is 9.31. The van der Waals surface area contributed by atoms with E-state index in [2.05, 4.69) is 16.2 Å². The van der Waals surface area contributed by atoms with Gasteiger partial charge in [-0.2, -0.15) is 0 Å². The molecule has 0 saturated carbocycles. The number of para-hydroxylation sites is 1. The number of anilines is 1. The van der Waals surface area contributed by atoms with Gasteiger partial charge in [-0.05, 0) is 25.0 Å². The van der Waals surface area contributed by atoms with Crippen molar-refractivity contribution >= 4 is 17.6 Å². The highest BCUT2D eigenvalue weighted by atomic mass is 15.4. The molecule has 0 fully saturated rings. The number of benzene rings is 1. The van der Waals surface area contributed by atoms with Gasteiger partial charge in [-0.3, -0.25) is 21.7 Å². The van der Waals surface area contributed by atoms with Crippen molar-refractivity contribution in [2.24, 2.45) is 5.73 Å². The number of hydrogen-bond acceptors (Lipinski definition) is 2. The molecule has 1 rings (SSSR count). The summed E-state index contributed by atoms with van der Waals surface area (Å²) >= 11 is 0. The van der Waals surface area contributed by atoms with Gasteiger partial charge >= 0.3 is 0 Å². The minimum atomic E-state index is -0.243. The van der Waals surface area contributed by atoms with Crippen LogP contribution in [0, 0.1) is 24.7 Å². The molecular formula is C10H16N6. The van der Waals surface area contributed by atoms with Crippen molar-refractivity contribution in [2.75, 3.05) is 5.32 Å². The maximum Gasteiger partial charge on any atom is 0.212 e. The molecule has 86 valence electrons. The number of rotatable bonds is 1. The number of guanidine groups is 2. The molecule has 0 radical (unpaired) electrons. The fraction of sp³-hybridized carbons (Fsp3) is 0.200. The van der Waals surface area contributed by atoms with Gasteiger partial charge in [0.2, 0.25) is 11.9 Å². The molecule has 0 atom stereocenters. The van der Waals surface area contributed by atoms with Gasteiger partial charge in [0.25, 0.3) is 0 Å². The van der Waals surface area contributed by atoms with Crippen LogP contribution in [0.1, 0.15) is 11.1 Å². The Morgan fingerprint density at radius 2 is 1.69 bits per heavy atom. The van der Waals surface area contributed by atoms with Gasteiger partial charge in [-0.1, -0.05) is 18.2 Å². The van der Waals surface area contributed by atoms with E-state index in [1.807, 2.05) is 32.0 Å². The molecule has 0 aliphatic carbocycles. The van der Waals surface area contributed by atoms with Crippen LogP contribution in [0.2, 0.25) is 0 Å². The first-order valence-electron chi connectivity index (χ1n) is 4.78. The smallest absolute Gasteiger partial charge is 0.212 e. The lowest BCUT2D eigenvalue weighted by Gasteiger charge is -2.14. The van der Waals surface area contributed by atoms with Crippen LogP contribution < -0.4 is 21.9 Å². The molecule has 0 aliphatic heterocycles. The summed E-state index contributed by atoms with van der Waals surface area (Å²) < 4.78 is 0. The van der Waals surface area contributed by atoms with Gasteiger partial charge in [0.05, 0.1) is 0 Å². The molecule has 0 bridgehead atoms. The van der Waals surface area contributed by atoms with Crippen molar-refractivity contribution in [3.8, 4) is 0 Å². The zero-order valence-corrected chi connectivity index (χ0v) is 9.31. The molecule has 1 aromatic rings. The monoisotopic (exact) mass is 220 g/mol. The summed E-state index contributed by atoms with van der Waals surface area (Å²) in [5.74, 6) is -0.208. The lowest BCUT2D eigenvalue weighted by atomic mass is 10.1. The molecule has 0 heterocycles. The minimum absolute atomic E-state index is 0.0348. The summed E-state index contributed by atoms with van der Waals surface area (Å²) in [6.07, 6.45) is 0. The zero-order chi connectivity index (χ0) is 12.1. The maximum absolute atomic E-state index is 7.58. The fourth-order valence-corrected chi connectivity index (χ4v) is 1.30. The number of nitrogens with two attached hydrogens (primary N) is 1. The standard InChI is InChI=1S/C10H16N6/c1-6-4-3-5-7(2)8(6)14-10(13)16-15-9(11)12/h3-5H,1-2H3,(H4,11,12,15)(H3,13,14,16). The quantitative estimate of drug-likeness (QED) is 0.237. The van der Waals surface area contributed by atoms with E-state index in [9.17, 15) is 0 Å². The molecule has 0 amide bonds. The SMILES string of the molecule is Cc1cccc(C)c1NC(=N)NNC(=N)N. The summed E-state index contributed by atoms with van der Waals surface area (Å²) in [4.78, 5) is 0. The van der Waals surface area contributed by atoms with E-state index in [0.717, 1.165) is 16.8 Å². The van der Waals surface area contributed by atoms with Crippen molar-refractivity contribution in [3.05, 3.63) is 29.3 Å². The highest BCUT2D eigenvalue weighted by Gasteiger charge is 2.03. The lowest BCUT2D eigenvalue weighted by Crippen LogP contribution is -2.47. The number of hydrazine groups is 1. The minimum Gasteiger partial charge on any atom is -0.369 e. The van der Waals surface area contributed by atoms with E-state index in [1.165, 1.54) is 0 Å². The second-order valence-corrected chi connectivity index (χ2v) is 3.43. The van der Waals surface area contributed by atoms with Gasteiger partial charge in [-0.25, -0.2) is 0 Å². The molecule has 6 nitrogen and oxygen atoms in total. The van der Waals surface area contributed by atoms with E-state index in [1.54, 1.807) is 0 Å². The maximum atomic E-state index is 7.58. The topological polar surface area (TPSA) is 110 Å². The van der Waals surface area contributed by atoms with E-state index in [4.69, 9.17) is 16.6 Å². The first kappa shape index (κ1) is 11.8. The van der Waals surface area contributed by atoms with E-state index < -0.39 is 0 Å². The number of aryl methyl sites for hydroxylation is 2. The highest BCUT2D eigenvalue weighted by Crippen LogP contribution is 2.18. The van der Waals surface area contributed by atoms with E-state index in [-0.39, 0.29) is 11.9 Å². The third-order valence-electron chi connectivity index (χ3n) is 2.05. The van der Waals surface area contributed by atoms with Gasteiger partial charge in [0, 0.05) is 5.69 Å². The van der Waals surface area contributed by atoms with E-state index >= 15 is 0 Å². The van der Waals surface area contributed by atoms with Crippen LogP contribution >= 0.6 is 0 Å². The number of hydrogen-bond donors (Lipinski definition) is 6. The molecule has 0 saturated heterocycles. The molecule has 0 aliphatic rings. The van der Waals surface area contributed by atoms with Crippen LogP contribution in [-0.2, 0) is 0 Å². The Labute approximate surface area is 94.2 Å². The lowest BCUT2D eigenvalue weighted by molar-refractivity contribution is 0.839. The normalized spacial score (nSPS) is 9.38. The van der Waals surface area contributed by atoms with E-state index in [0.29, 0.717) is 0 Å². The first-order chi connectivity index (χ1) is 7.50. The summed E-state index contributed by atoms with van der Waals surface area (Å²) in [6, 6.07) is 5.88. The predicted octanol–water partition coefficient (Wildman–Crippen LogP) is 0.638. The molecule has 0 aromatic heterocycles. The Morgan fingerprint density at radius 1 is 1.12 bits per heavy atom. The molecule has 0 spiro atoms. The van der Waals surface area contributed by atoms with Crippen LogP contribution in [0.5, 0.6) is 0 Å². The Kier molecular flexibility index (Phi) is 3.71. The van der Waals surface area contributed by atoms with Crippen LogP contribution in [0.3, 0.4) is 0 Å². The van der Waals surface area contributed by atoms with Crippen molar-refractivity contribution in [2.45, 2.75) is 13.8 Å². The second-order valence-electron chi connectivity index (χ2n) is 3.43. The van der Waals surface area contributed by atoms with Gasteiger partial charge < -0.3 is 11.1 Å². The van der Waals surface area contributed by atoms with Crippen molar-refractivity contribution in [1.29, 1.82) is 10.8 Å². The third kappa shape index (κ3) is 3.16. The molecular weight excluding hydrogens is 204 g/mol. The van der Waals surface area contributed by atoms with Crippen LogP contribution in [-0.4, -0.2) is 11.9 Å². The van der Waals surface area contributed by atoms with Crippen molar-refractivity contribution in [3.63, 3.8) is 0 Å². The molecule has 0 unspecified atom stereocenters. The average Bonchev–Trinajstić information content (AvgIpc) is 2.21. The van der Waals surface area contributed by atoms with Crippen LogP contribution in [0.25, 0.3) is 0 Å². The van der Waals surface area contributed by atoms with Gasteiger partial charge in [0.1, 0.15) is 0 Å². The summed E-state index contributed by atoms with van der Waals surface area (Å²) in [5.41, 5.74) is 12.8. The third-order valence-corrected chi connectivity index (χ3v) is 2.05. The average molecular weight is 220 g/mol. The fourth-order valence-electron chi connectivity index (χ4n) is 1.30. The summed E-state index contributed by atoms with van der Waals surface area (Å²) in [7, 11) is 0. The molecule has 16 heavy (non-hydrogen) atoms. The Hall–Kier alpha value is -2.24. The second kappa shape index (κ2) is 5.01. The first-order valence-corrected chi connectivity index (χ1v) is 4.78. The van der Waals surface area contributed by atoms with Gasteiger partial charge in [-0.15, -0.1) is 0 Å². The Balaban J connectivity index is 2.66. The number of nitrogens with one attached hydrogen (secondary N) is 5. The molecule has 7 N–H and O–H groups in total. The Bertz CT molecular complexity index is 392. The highest BCUT2D eigenvalue weighted by molar-refractivity contribution is 5.93. The van der Waals surface area contributed by atoms with Crippen molar-refractivity contribution < 1.29 is 0 Å². The summed E-state index contributed by atoms with van der Waals surface area (Å²) in [6.45, 7) is 3.92. The molecule has 6 heteroatoms. The largest absolute Gasteiger partial charge is 0.369 e. The molecule has 1 aromatic carbocycles. The van der Waals surface area contributed by atoms with Crippen LogP contribution in [0.4, 0.5) is 5.69 Å². The van der Waals surface area contributed by atoms with Crippen molar-refractivity contribution in [1.82, 2.24) is 10.9 Å².